The molecule has 0 aromatic heterocycles. The standard InChI is InChI=1S/C23H30ClF3O3/c1-2-3-4-5-6-10-20-19(21(24)14-22(20)29)12-11-17(28)15-30-18-9-7-8-16(13-18)23(25,26)27/h5-9,11-13,17,19-22,28-29H,2-4,10,14-15H2,1H3/b6-5-,12-11+/t17?,19-,20-,21?,22?/m1/s1. The first-order valence-corrected chi connectivity index (χ1v) is 10.8. The van der Waals surface area contributed by atoms with Gasteiger partial charge in [-0.2, -0.15) is 13.2 Å². The molecule has 0 spiro atoms. The topological polar surface area (TPSA) is 49.7 Å². The third-order valence-corrected chi connectivity index (χ3v) is 5.78. The third kappa shape index (κ3) is 7.64. The molecule has 1 saturated carbocycles. The van der Waals surface area contributed by atoms with Crippen molar-refractivity contribution < 1.29 is 28.1 Å². The highest BCUT2D eigenvalue weighted by Gasteiger charge is 2.39. The van der Waals surface area contributed by atoms with Gasteiger partial charge in [0.15, 0.2) is 0 Å². The van der Waals surface area contributed by atoms with E-state index in [2.05, 4.69) is 19.1 Å². The number of benzene rings is 1. The maximum Gasteiger partial charge on any atom is 0.416 e. The van der Waals surface area contributed by atoms with Crippen molar-refractivity contribution >= 4 is 11.6 Å². The summed E-state index contributed by atoms with van der Waals surface area (Å²) in [5.74, 6) is -0.0854. The van der Waals surface area contributed by atoms with E-state index in [9.17, 15) is 23.4 Å². The van der Waals surface area contributed by atoms with Gasteiger partial charge in [-0.15, -0.1) is 11.6 Å². The largest absolute Gasteiger partial charge is 0.491 e. The van der Waals surface area contributed by atoms with Crippen molar-refractivity contribution in [3.63, 3.8) is 0 Å². The zero-order chi connectivity index (χ0) is 22.1. The molecule has 2 rings (SSSR count). The fourth-order valence-electron chi connectivity index (χ4n) is 3.61. The molecule has 2 N–H and O–H groups in total. The number of rotatable bonds is 10. The predicted molar refractivity (Wildman–Crippen MR) is 113 cm³/mol. The molecule has 168 valence electrons. The molecule has 0 bridgehead atoms. The van der Waals surface area contributed by atoms with E-state index in [-0.39, 0.29) is 29.6 Å². The van der Waals surface area contributed by atoms with E-state index in [1.54, 1.807) is 12.2 Å². The molecular weight excluding hydrogens is 417 g/mol. The van der Waals surface area contributed by atoms with Gasteiger partial charge in [0.25, 0.3) is 0 Å². The first-order chi connectivity index (χ1) is 14.2. The Bertz CT molecular complexity index is 705. The summed E-state index contributed by atoms with van der Waals surface area (Å²) < 4.78 is 43.6. The lowest BCUT2D eigenvalue weighted by molar-refractivity contribution is -0.137. The van der Waals surface area contributed by atoms with E-state index in [4.69, 9.17) is 16.3 Å². The summed E-state index contributed by atoms with van der Waals surface area (Å²) in [5.41, 5.74) is -0.801. The smallest absolute Gasteiger partial charge is 0.416 e. The van der Waals surface area contributed by atoms with Crippen LogP contribution in [0.4, 0.5) is 13.2 Å². The van der Waals surface area contributed by atoms with E-state index in [1.165, 1.54) is 12.1 Å². The number of hydrogen-bond acceptors (Lipinski definition) is 3. The number of allylic oxidation sites excluding steroid dienone is 3. The number of ether oxygens (including phenoxy) is 1. The second kappa shape index (κ2) is 11.8. The van der Waals surface area contributed by atoms with Crippen LogP contribution in [0.5, 0.6) is 5.75 Å². The number of unbranched alkanes of at least 4 members (excludes halogenated alkanes) is 2. The van der Waals surface area contributed by atoms with Gasteiger partial charge in [0.2, 0.25) is 0 Å². The van der Waals surface area contributed by atoms with Gasteiger partial charge < -0.3 is 14.9 Å². The molecular formula is C23H30ClF3O3. The highest BCUT2D eigenvalue weighted by atomic mass is 35.5. The van der Waals surface area contributed by atoms with Gasteiger partial charge in [-0.3, -0.25) is 0 Å². The van der Waals surface area contributed by atoms with Crippen molar-refractivity contribution in [1.82, 2.24) is 0 Å². The zero-order valence-electron chi connectivity index (χ0n) is 17.1. The van der Waals surface area contributed by atoms with Crippen molar-refractivity contribution in [3.8, 4) is 5.75 Å². The number of aliphatic hydroxyl groups is 2. The maximum atomic E-state index is 12.8. The summed E-state index contributed by atoms with van der Waals surface area (Å²) in [6, 6.07) is 4.54. The molecule has 0 amide bonds. The highest BCUT2D eigenvalue weighted by molar-refractivity contribution is 6.21. The van der Waals surface area contributed by atoms with E-state index >= 15 is 0 Å². The monoisotopic (exact) mass is 446 g/mol. The van der Waals surface area contributed by atoms with E-state index in [1.807, 2.05) is 0 Å². The van der Waals surface area contributed by atoms with E-state index in [0.717, 1.165) is 31.4 Å². The Morgan fingerprint density at radius 2 is 2.07 bits per heavy atom. The van der Waals surface area contributed by atoms with Crippen molar-refractivity contribution in [2.24, 2.45) is 11.8 Å². The van der Waals surface area contributed by atoms with E-state index in [0.29, 0.717) is 12.8 Å². The van der Waals surface area contributed by atoms with Crippen LogP contribution >= 0.6 is 11.6 Å². The average Bonchev–Trinajstić information content (AvgIpc) is 2.96. The normalized spacial score (nSPS) is 26.0. The van der Waals surface area contributed by atoms with Gasteiger partial charge in [-0.05, 0) is 49.3 Å². The molecule has 7 heteroatoms. The van der Waals surface area contributed by atoms with Crippen LogP contribution in [-0.2, 0) is 6.18 Å². The number of halogens is 4. The zero-order valence-corrected chi connectivity index (χ0v) is 17.8. The summed E-state index contributed by atoms with van der Waals surface area (Å²) in [6.07, 6.45) is 6.04. The van der Waals surface area contributed by atoms with Gasteiger partial charge in [-0.25, -0.2) is 0 Å². The lowest BCUT2D eigenvalue weighted by atomic mass is 9.90. The molecule has 0 saturated heterocycles. The fraction of sp³-hybridized carbons (Fsp3) is 0.565. The molecule has 30 heavy (non-hydrogen) atoms. The molecule has 3 unspecified atom stereocenters. The second-order valence-electron chi connectivity index (χ2n) is 7.70. The number of aliphatic hydroxyl groups excluding tert-OH is 2. The predicted octanol–water partition coefficient (Wildman–Crippen LogP) is 5.74. The summed E-state index contributed by atoms with van der Waals surface area (Å²) in [7, 11) is 0. The molecule has 1 aromatic carbocycles. The first kappa shape index (κ1) is 24.8. The van der Waals surface area contributed by atoms with Crippen molar-refractivity contribution in [3.05, 3.63) is 54.1 Å². The Kier molecular flexibility index (Phi) is 9.72. The molecule has 1 fully saturated rings. The molecule has 0 heterocycles. The Morgan fingerprint density at radius 3 is 2.77 bits per heavy atom. The lowest BCUT2D eigenvalue weighted by Gasteiger charge is -2.19. The van der Waals surface area contributed by atoms with Crippen LogP contribution in [0.3, 0.4) is 0 Å². The maximum absolute atomic E-state index is 12.8. The quantitative estimate of drug-likeness (QED) is 0.273. The summed E-state index contributed by atoms with van der Waals surface area (Å²) in [5, 5.41) is 20.2. The van der Waals surface area contributed by atoms with Gasteiger partial charge in [0.05, 0.1) is 11.7 Å². The van der Waals surface area contributed by atoms with Crippen molar-refractivity contribution in [2.75, 3.05) is 6.61 Å². The molecule has 0 radical (unpaired) electrons. The average molecular weight is 447 g/mol. The summed E-state index contributed by atoms with van der Waals surface area (Å²) in [4.78, 5) is 0. The third-order valence-electron chi connectivity index (χ3n) is 5.31. The minimum atomic E-state index is -4.45. The first-order valence-electron chi connectivity index (χ1n) is 10.4. The summed E-state index contributed by atoms with van der Waals surface area (Å²) in [6.45, 7) is 1.96. The number of hydrogen-bond donors (Lipinski definition) is 2. The minimum absolute atomic E-state index is 0.0294. The van der Waals surface area contributed by atoms with Gasteiger partial charge in [0, 0.05) is 5.38 Å². The van der Waals surface area contributed by atoms with Crippen LogP contribution in [0.25, 0.3) is 0 Å². The summed E-state index contributed by atoms with van der Waals surface area (Å²) >= 11 is 6.39. The van der Waals surface area contributed by atoms with Crippen molar-refractivity contribution in [1.29, 1.82) is 0 Å². The SMILES string of the molecule is CCCC/C=C\C[C@H]1C(O)CC(Cl)[C@@H]1/C=C/C(O)COc1cccc(C(F)(F)F)c1. The van der Waals surface area contributed by atoms with Crippen LogP contribution < -0.4 is 4.74 Å². The number of alkyl halides is 4. The van der Waals surface area contributed by atoms with E-state index < -0.39 is 23.9 Å². The molecule has 1 aliphatic rings. The van der Waals surface area contributed by atoms with Crippen LogP contribution in [-0.4, -0.2) is 34.4 Å². The molecule has 0 aliphatic heterocycles. The van der Waals surface area contributed by atoms with Gasteiger partial charge >= 0.3 is 6.18 Å². The Morgan fingerprint density at radius 1 is 1.30 bits per heavy atom. The van der Waals surface area contributed by atoms with Crippen LogP contribution in [0, 0.1) is 11.8 Å². The van der Waals surface area contributed by atoms with Crippen LogP contribution in [0.2, 0.25) is 0 Å². The lowest BCUT2D eigenvalue weighted by Crippen LogP contribution is -2.20. The van der Waals surface area contributed by atoms with Crippen LogP contribution in [0.15, 0.2) is 48.6 Å². The molecule has 1 aromatic rings. The Balaban J connectivity index is 1.90. The fourth-order valence-corrected chi connectivity index (χ4v) is 4.07. The minimum Gasteiger partial charge on any atom is -0.491 e. The molecule has 1 aliphatic carbocycles. The molecule has 3 nitrogen and oxygen atoms in total. The Labute approximate surface area is 181 Å². The second-order valence-corrected chi connectivity index (χ2v) is 8.26. The van der Waals surface area contributed by atoms with Gasteiger partial charge in [0.1, 0.15) is 18.5 Å². The van der Waals surface area contributed by atoms with Gasteiger partial charge in [-0.1, -0.05) is 50.1 Å². The van der Waals surface area contributed by atoms with Crippen LogP contribution in [0.1, 0.15) is 44.6 Å². The molecule has 5 atom stereocenters. The Hall–Kier alpha value is -1.50. The van der Waals surface area contributed by atoms with Crippen molar-refractivity contribution in [2.45, 2.75) is 62.8 Å². The highest BCUT2D eigenvalue weighted by Crippen LogP contribution is 2.39.